The summed E-state index contributed by atoms with van der Waals surface area (Å²) in [4.78, 5) is 1.59. The largest absolute Gasteiger partial charge is 0.492 e. The fourth-order valence-electron chi connectivity index (χ4n) is 2.96. The third kappa shape index (κ3) is 5.03. The highest BCUT2D eigenvalue weighted by atomic mass is 35.5. The van der Waals surface area contributed by atoms with Crippen molar-refractivity contribution in [3.8, 4) is 5.75 Å². The normalized spacial score (nSPS) is 25.9. The first-order valence-electron chi connectivity index (χ1n) is 7.53. The van der Waals surface area contributed by atoms with Gasteiger partial charge in [-0.3, -0.25) is 0 Å². The van der Waals surface area contributed by atoms with E-state index in [-0.39, 0.29) is 0 Å². The van der Waals surface area contributed by atoms with Crippen LogP contribution in [0.1, 0.15) is 25.8 Å². The molecule has 1 aliphatic rings. The lowest BCUT2D eigenvalue weighted by molar-refractivity contribution is -0.915. The third-order valence-corrected chi connectivity index (χ3v) is 4.23. The molecule has 0 aromatic heterocycles. The number of hydrogen-bond donors (Lipinski definition) is 1. The van der Waals surface area contributed by atoms with Crippen LogP contribution in [-0.4, -0.2) is 38.4 Å². The Kier molecular flexibility index (Phi) is 6.18. The van der Waals surface area contributed by atoms with Crippen molar-refractivity contribution in [3.63, 3.8) is 0 Å². The van der Waals surface area contributed by atoms with Crippen LogP contribution in [-0.2, 0) is 4.74 Å². The molecule has 1 N–H and O–H groups in total. The summed E-state index contributed by atoms with van der Waals surface area (Å²) in [5.41, 5.74) is 0.980. The second kappa shape index (κ2) is 7.68. The van der Waals surface area contributed by atoms with E-state index < -0.39 is 0 Å². The summed E-state index contributed by atoms with van der Waals surface area (Å²) in [7, 11) is 0. The number of benzene rings is 1. The Labute approximate surface area is 137 Å². The smallest absolute Gasteiger partial charge is 0.140 e. The Bertz CT molecular complexity index is 448. The second-order valence-corrected chi connectivity index (χ2v) is 6.74. The van der Waals surface area contributed by atoms with E-state index >= 15 is 0 Å². The van der Waals surface area contributed by atoms with E-state index in [0.717, 1.165) is 37.4 Å². The van der Waals surface area contributed by atoms with Crippen molar-refractivity contribution in [2.24, 2.45) is 0 Å². The predicted molar refractivity (Wildman–Crippen MR) is 86.9 cm³/mol. The Morgan fingerprint density at radius 1 is 1.24 bits per heavy atom. The van der Waals surface area contributed by atoms with Gasteiger partial charge in [-0.05, 0) is 38.5 Å². The van der Waals surface area contributed by atoms with Gasteiger partial charge in [-0.1, -0.05) is 23.2 Å². The van der Waals surface area contributed by atoms with Gasteiger partial charge in [-0.25, -0.2) is 0 Å². The standard InChI is InChI=1S/C16H23Cl2NO2/c1-11-7-14(17)8-15(18)16(11)20-6-4-5-19-9-12(2)21-13(3)10-19/h7-8,12-13H,4-6,9-10H2,1-3H3/p+1/t12-,13-/m0/s1. The lowest BCUT2D eigenvalue weighted by Gasteiger charge is -2.32. The van der Waals surface area contributed by atoms with Crippen molar-refractivity contribution in [2.45, 2.75) is 39.4 Å². The molecule has 5 heteroatoms. The molecule has 0 radical (unpaired) electrons. The van der Waals surface area contributed by atoms with Gasteiger partial charge in [0.05, 0.1) is 18.2 Å². The summed E-state index contributed by atoms with van der Waals surface area (Å²) in [5.74, 6) is 0.750. The molecule has 0 spiro atoms. The molecule has 0 bridgehead atoms. The van der Waals surface area contributed by atoms with Crippen LogP contribution < -0.4 is 9.64 Å². The topological polar surface area (TPSA) is 22.9 Å². The molecule has 1 aliphatic heterocycles. The maximum Gasteiger partial charge on any atom is 0.140 e. The zero-order valence-electron chi connectivity index (χ0n) is 12.9. The molecular formula is C16H24Cl2NO2+. The van der Waals surface area contributed by atoms with Gasteiger partial charge in [-0.2, -0.15) is 0 Å². The highest BCUT2D eigenvalue weighted by Gasteiger charge is 2.24. The number of ether oxygens (including phenoxy) is 2. The lowest BCUT2D eigenvalue weighted by Crippen LogP contribution is -3.15. The molecule has 1 aromatic carbocycles. The van der Waals surface area contributed by atoms with Gasteiger partial charge in [0.25, 0.3) is 0 Å². The summed E-state index contributed by atoms with van der Waals surface area (Å²) >= 11 is 12.1. The minimum absolute atomic E-state index is 0.345. The van der Waals surface area contributed by atoms with Crippen LogP contribution in [0.25, 0.3) is 0 Å². The Hall–Kier alpha value is -0.480. The minimum atomic E-state index is 0.345. The number of hydrogen-bond acceptors (Lipinski definition) is 2. The molecule has 0 aliphatic carbocycles. The average Bonchev–Trinajstić information content (AvgIpc) is 2.35. The van der Waals surface area contributed by atoms with Crippen LogP contribution in [0.2, 0.25) is 10.0 Å². The molecule has 2 rings (SSSR count). The first kappa shape index (κ1) is 16.9. The molecule has 21 heavy (non-hydrogen) atoms. The molecule has 1 heterocycles. The van der Waals surface area contributed by atoms with Crippen molar-refractivity contribution in [1.29, 1.82) is 0 Å². The van der Waals surface area contributed by atoms with Gasteiger partial charge in [0.2, 0.25) is 0 Å². The van der Waals surface area contributed by atoms with Gasteiger partial charge in [0.15, 0.2) is 0 Å². The predicted octanol–water partition coefficient (Wildman–Crippen LogP) is 2.76. The maximum absolute atomic E-state index is 6.17. The summed E-state index contributed by atoms with van der Waals surface area (Å²) in [6, 6.07) is 3.60. The number of halogens is 2. The van der Waals surface area contributed by atoms with Gasteiger partial charge < -0.3 is 14.4 Å². The first-order valence-corrected chi connectivity index (χ1v) is 8.28. The molecule has 0 saturated carbocycles. The molecular weight excluding hydrogens is 309 g/mol. The summed E-state index contributed by atoms with van der Waals surface area (Å²) < 4.78 is 11.6. The van der Waals surface area contributed by atoms with E-state index in [1.54, 1.807) is 11.0 Å². The molecule has 0 amide bonds. The molecule has 2 atom stereocenters. The van der Waals surface area contributed by atoms with Gasteiger partial charge in [0, 0.05) is 11.4 Å². The van der Waals surface area contributed by atoms with Crippen LogP contribution >= 0.6 is 23.2 Å². The summed E-state index contributed by atoms with van der Waals surface area (Å²) in [6.07, 6.45) is 1.70. The second-order valence-electron chi connectivity index (χ2n) is 5.90. The molecule has 118 valence electrons. The van der Waals surface area contributed by atoms with Crippen molar-refractivity contribution < 1.29 is 14.4 Å². The molecule has 1 fully saturated rings. The van der Waals surface area contributed by atoms with Crippen molar-refractivity contribution in [3.05, 3.63) is 27.7 Å². The van der Waals surface area contributed by atoms with Crippen molar-refractivity contribution in [2.75, 3.05) is 26.2 Å². The maximum atomic E-state index is 6.17. The highest BCUT2D eigenvalue weighted by molar-refractivity contribution is 6.35. The zero-order chi connectivity index (χ0) is 15.4. The minimum Gasteiger partial charge on any atom is -0.492 e. The van der Waals surface area contributed by atoms with E-state index in [1.807, 2.05) is 13.0 Å². The van der Waals surface area contributed by atoms with Gasteiger partial charge in [-0.15, -0.1) is 0 Å². The van der Waals surface area contributed by atoms with Crippen molar-refractivity contribution >= 4 is 23.2 Å². The monoisotopic (exact) mass is 332 g/mol. The molecule has 1 aromatic rings. The summed E-state index contributed by atoms with van der Waals surface area (Å²) in [5, 5.41) is 1.23. The Morgan fingerprint density at radius 2 is 1.90 bits per heavy atom. The average molecular weight is 333 g/mol. The van der Waals surface area contributed by atoms with Crippen LogP contribution in [0.15, 0.2) is 12.1 Å². The number of aryl methyl sites for hydroxylation is 1. The number of nitrogens with one attached hydrogen (secondary N) is 1. The first-order chi connectivity index (χ1) is 9.95. The van der Waals surface area contributed by atoms with Crippen molar-refractivity contribution in [1.82, 2.24) is 0 Å². The van der Waals surface area contributed by atoms with Crippen LogP contribution in [0.3, 0.4) is 0 Å². The molecule has 0 unspecified atom stereocenters. The van der Waals surface area contributed by atoms with Crippen LogP contribution in [0.5, 0.6) is 5.75 Å². The fraction of sp³-hybridized carbons (Fsp3) is 0.625. The summed E-state index contributed by atoms with van der Waals surface area (Å²) in [6.45, 7) is 10.2. The van der Waals surface area contributed by atoms with E-state index in [0.29, 0.717) is 28.9 Å². The quantitative estimate of drug-likeness (QED) is 0.838. The highest BCUT2D eigenvalue weighted by Crippen LogP contribution is 2.31. The van der Waals surface area contributed by atoms with Crippen LogP contribution in [0.4, 0.5) is 0 Å². The van der Waals surface area contributed by atoms with Crippen LogP contribution in [0, 0.1) is 6.92 Å². The fourth-order valence-corrected chi connectivity index (χ4v) is 3.61. The number of morpholine rings is 1. The van der Waals surface area contributed by atoms with Gasteiger partial charge in [0.1, 0.15) is 31.0 Å². The van der Waals surface area contributed by atoms with E-state index in [2.05, 4.69) is 13.8 Å². The number of quaternary nitrogens is 1. The Morgan fingerprint density at radius 3 is 2.52 bits per heavy atom. The van der Waals surface area contributed by atoms with E-state index in [1.165, 1.54) is 0 Å². The molecule has 3 nitrogen and oxygen atoms in total. The van der Waals surface area contributed by atoms with E-state index in [4.69, 9.17) is 32.7 Å². The van der Waals surface area contributed by atoms with E-state index in [9.17, 15) is 0 Å². The zero-order valence-corrected chi connectivity index (χ0v) is 14.4. The lowest BCUT2D eigenvalue weighted by atomic mass is 10.2. The SMILES string of the molecule is Cc1cc(Cl)cc(Cl)c1OCCC[NH+]1C[C@H](C)O[C@@H](C)C1. The number of rotatable bonds is 5. The molecule has 1 saturated heterocycles. The third-order valence-electron chi connectivity index (χ3n) is 3.73. The Balaban J connectivity index is 1.77. The van der Waals surface area contributed by atoms with Gasteiger partial charge >= 0.3 is 0 Å².